The normalized spacial score (nSPS) is 18.7. The molecule has 2 unspecified atom stereocenters. The number of alkyl halides is 3. The number of pyridine rings is 1. The number of nitrogens with one attached hydrogen (secondary N) is 2. The van der Waals surface area contributed by atoms with Gasteiger partial charge in [-0.25, -0.2) is 19.6 Å². The van der Waals surface area contributed by atoms with E-state index in [1.54, 1.807) is 36.8 Å². The van der Waals surface area contributed by atoms with Gasteiger partial charge in [-0.15, -0.1) is 13.2 Å². The number of aromatic nitrogens is 3. The molecule has 0 aliphatic carbocycles. The third-order valence-corrected chi connectivity index (χ3v) is 11.3. The lowest BCUT2D eigenvalue weighted by atomic mass is 9.91. The summed E-state index contributed by atoms with van der Waals surface area (Å²) in [4.78, 5) is 74.4. The second-order valence-electron chi connectivity index (χ2n) is 17.5. The summed E-state index contributed by atoms with van der Waals surface area (Å²) in [5, 5.41) is 2.62. The van der Waals surface area contributed by atoms with Crippen molar-refractivity contribution in [3.8, 4) is 22.4 Å². The number of piperidine rings is 1. The Morgan fingerprint density at radius 3 is 2.23 bits per heavy atom. The number of alkyl carbamates (subject to hydrolysis) is 1. The second-order valence-corrected chi connectivity index (χ2v) is 17.9. The third kappa shape index (κ3) is 11.4. The van der Waals surface area contributed by atoms with Gasteiger partial charge in [0, 0.05) is 44.0 Å². The number of halogens is 4. The first-order valence-electron chi connectivity index (χ1n) is 21.0. The van der Waals surface area contributed by atoms with E-state index in [0.717, 1.165) is 12.0 Å². The number of H-pyrrole nitrogens is 1. The van der Waals surface area contributed by atoms with Crippen LogP contribution in [-0.2, 0) is 19.1 Å². The molecule has 2 saturated heterocycles. The van der Waals surface area contributed by atoms with Crippen molar-refractivity contribution >= 4 is 47.1 Å². The van der Waals surface area contributed by atoms with Crippen molar-refractivity contribution in [1.29, 1.82) is 0 Å². The zero-order valence-electron chi connectivity index (χ0n) is 37.0. The first-order chi connectivity index (χ1) is 30.1. The van der Waals surface area contributed by atoms with Crippen LogP contribution in [0.1, 0.15) is 83.5 Å². The number of anilines is 2. The smallest absolute Gasteiger partial charge is 0.453 e. The number of carbonyl (C=O) groups excluding carboxylic acids is 4. The van der Waals surface area contributed by atoms with Gasteiger partial charge in [-0.1, -0.05) is 62.7 Å². The monoisotopic (exact) mass is 910 g/mol. The zero-order valence-corrected chi connectivity index (χ0v) is 37.8. The van der Waals surface area contributed by atoms with Gasteiger partial charge in [-0.3, -0.25) is 9.59 Å². The number of amides is 4. The first kappa shape index (κ1) is 47.6. The van der Waals surface area contributed by atoms with Crippen LogP contribution in [0.2, 0.25) is 5.02 Å². The van der Waals surface area contributed by atoms with Gasteiger partial charge in [0.25, 0.3) is 5.91 Å². The topological polar surface area (TPSA) is 163 Å². The van der Waals surface area contributed by atoms with Crippen molar-refractivity contribution in [3.63, 3.8) is 0 Å². The van der Waals surface area contributed by atoms with Gasteiger partial charge in [0.2, 0.25) is 5.91 Å². The number of piperazine rings is 1. The van der Waals surface area contributed by atoms with E-state index >= 15 is 0 Å². The van der Waals surface area contributed by atoms with E-state index in [-0.39, 0.29) is 51.2 Å². The van der Waals surface area contributed by atoms with Crippen LogP contribution in [0.5, 0.6) is 0 Å². The molecule has 64 heavy (non-hydrogen) atoms. The minimum Gasteiger partial charge on any atom is -0.453 e. The molecule has 4 atom stereocenters. The van der Waals surface area contributed by atoms with E-state index in [1.807, 2.05) is 49.9 Å². The number of aromatic amines is 1. The zero-order chi connectivity index (χ0) is 46.7. The van der Waals surface area contributed by atoms with Crippen molar-refractivity contribution in [2.24, 2.45) is 11.8 Å². The van der Waals surface area contributed by atoms with Crippen molar-refractivity contribution < 1.29 is 46.7 Å². The molecule has 19 heteroatoms. The van der Waals surface area contributed by atoms with E-state index < -0.39 is 36.1 Å². The molecular weight excluding hydrogens is 857 g/mol. The maximum atomic E-state index is 13.9. The van der Waals surface area contributed by atoms with Gasteiger partial charge in [0.05, 0.1) is 35.8 Å². The Kier molecular flexibility index (Phi) is 14.5. The Balaban J connectivity index is 1.18. The number of hydroxylamine groups is 1. The molecule has 0 saturated carbocycles. The Morgan fingerprint density at radius 1 is 0.922 bits per heavy atom. The summed E-state index contributed by atoms with van der Waals surface area (Å²) in [6.45, 7) is 14.4. The van der Waals surface area contributed by atoms with Crippen LogP contribution in [0.3, 0.4) is 0 Å². The van der Waals surface area contributed by atoms with Crippen molar-refractivity contribution in [2.45, 2.75) is 91.4 Å². The van der Waals surface area contributed by atoms with E-state index in [9.17, 15) is 32.3 Å². The van der Waals surface area contributed by atoms with Crippen LogP contribution < -0.4 is 15.3 Å². The van der Waals surface area contributed by atoms with Crippen LogP contribution in [-0.4, -0.2) is 106 Å². The molecule has 2 aromatic heterocycles. The molecule has 0 bridgehead atoms. The summed E-state index contributed by atoms with van der Waals surface area (Å²) in [6, 6.07) is 12.8. The predicted octanol–water partition coefficient (Wildman–Crippen LogP) is 9.02. The Bertz CT molecular complexity index is 2320. The van der Waals surface area contributed by atoms with Gasteiger partial charge in [-0.05, 0) is 93.3 Å². The molecular formula is C45H54ClF3N8O7. The lowest BCUT2D eigenvalue weighted by Crippen LogP contribution is -2.54. The van der Waals surface area contributed by atoms with E-state index in [0.29, 0.717) is 61.1 Å². The number of imidazole rings is 1. The molecule has 2 aliphatic heterocycles. The van der Waals surface area contributed by atoms with E-state index in [4.69, 9.17) is 21.1 Å². The summed E-state index contributed by atoms with van der Waals surface area (Å²) in [7, 11) is 1.25. The molecule has 2 fully saturated rings. The maximum absolute atomic E-state index is 13.9. The minimum absolute atomic E-state index is 0.119. The molecule has 2 aromatic carbocycles. The Hall–Kier alpha value is -5.88. The summed E-state index contributed by atoms with van der Waals surface area (Å²) in [5.41, 5.74) is 1.58. The van der Waals surface area contributed by atoms with Gasteiger partial charge >= 0.3 is 18.5 Å². The van der Waals surface area contributed by atoms with Gasteiger partial charge < -0.3 is 34.5 Å². The number of carbonyl (C=O) groups is 4. The van der Waals surface area contributed by atoms with Crippen LogP contribution in [0, 0.1) is 11.8 Å². The molecule has 6 rings (SSSR count). The number of benzene rings is 2. The average Bonchev–Trinajstić information content (AvgIpc) is 3.73. The predicted molar refractivity (Wildman–Crippen MR) is 234 cm³/mol. The number of nitrogens with zero attached hydrogens (tertiary/aromatic N) is 6. The quantitative estimate of drug-likeness (QED) is 0.147. The molecule has 4 heterocycles. The lowest BCUT2D eigenvalue weighted by molar-refractivity contribution is -0.325. The van der Waals surface area contributed by atoms with E-state index in [1.165, 1.54) is 43.6 Å². The highest BCUT2D eigenvalue weighted by Gasteiger charge is 2.40. The standard InChI is InChI=1S/C45H54ClF3N8O7/c1-26(2)38(53-42(60)62-8)41(59)56-24-27(3)9-15-36(56)39-51-23-34(52-39)30-12-10-29(11-13-30)31-14-16-35(33(46)21-31)57(64-45(47,48)49)40(58)32-17-18-50-37(22-32)55-20-19-54(25-28(55)4)43(61)63-44(5,6)7/h10-14,16-18,21-23,26-28,36,38H,9,15,19-20,24-25H2,1-8H3,(H,51,52)(H,53,60)/t27-,28?,36-,38?/m0/s1. The number of ether oxygens (including phenoxy) is 2. The van der Waals surface area contributed by atoms with Crippen LogP contribution in [0.25, 0.3) is 22.4 Å². The Labute approximate surface area is 375 Å². The van der Waals surface area contributed by atoms with Gasteiger partial charge in [0.15, 0.2) is 0 Å². The minimum atomic E-state index is -5.25. The highest BCUT2D eigenvalue weighted by Crippen LogP contribution is 2.37. The second kappa shape index (κ2) is 19.5. The summed E-state index contributed by atoms with van der Waals surface area (Å²) in [6.07, 6.45) is -1.82. The maximum Gasteiger partial charge on any atom is 0.544 e. The van der Waals surface area contributed by atoms with Gasteiger partial charge in [-0.2, -0.15) is 9.90 Å². The molecule has 0 spiro atoms. The van der Waals surface area contributed by atoms with E-state index in [2.05, 4.69) is 32.0 Å². The lowest BCUT2D eigenvalue weighted by Gasteiger charge is -2.40. The van der Waals surface area contributed by atoms with Crippen molar-refractivity contribution in [1.82, 2.24) is 30.1 Å². The largest absolute Gasteiger partial charge is 0.544 e. The number of rotatable bonds is 10. The summed E-state index contributed by atoms with van der Waals surface area (Å²) in [5.74, 6) is -0.344. The van der Waals surface area contributed by atoms with Crippen LogP contribution in [0.4, 0.5) is 34.3 Å². The molecule has 2 N–H and O–H groups in total. The Morgan fingerprint density at radius 2 is 1.61 bits per heavy atom. The molecule has 344 valence electrons. The molecule has 0 radical (unpaired) electrons. The molecule has 4 aromatic rings. The third-order valence-electron chi connectivity index (χ3n) is 11.0. The van der Waals surface area contributed by atoms with Gasteiger partial charge in [0.1, 0.15) is 23.3 Å². The number of hydrogen-bond donors (Lipinski definition) is 2. The first-order valence-corrected chi connectivity index (χ1v) is 21.4. The highest BCUT2D eigenvalue weighted by molar-refractivity contribution is 6.34. The number of methoxy groups -OCH3 is 1. The van der Waals surface area contributed by atoms with Crippen LogP contribution >= 0.6 is 11.6 Å². The fraction of sp³-hybridized carbons (Fsp3) is 0.467. The SMILES string of the molecule is COC(=O)NC(C(=O)N1C[C@@H](C)CC[C@H]1c1ncc(-c2ccc(-c3ccc(N(OC(F)(F)F)C(=O)c4ccnc(N5CCN(C(=O)OC(C)(C)C)CC5C)c4)c(Cl)c3)cc2)[nH]1)C(C)C. The fourth-order valence-electron chi connectivity index (χ4n) is 7.82. The molecule has 2 aliphatic rings. The number of hydrogen-bond acceptors (Lipinski definition) is 10. The molecule has 4 amide bonds. The van der Waals surface area contributed by atoms with Crippen molar-refractivity contribution in [2.75, 3.05) is 43.3 Å². The summed E-state index contributed by atoms with van der Waals surface area (Å²) < 4.78 is 51.9. The van der Waals surface area contributed by atoms with Crippen molar-refractivity contribution in [3.05, 3.63) is 83.4 Å². The van der Waals surface area contributed by atoms with Crippen LogP contribution in [0.15, 0.2) is 67.0 Å². The average molecular weight is 911 g/mol. The summed E-state index contributed by atoms with van der Waals surface area (Å²) >= 11 is 6.63. The number of likely N-dealkylation sites (tertiary alicyclic amines) is 1. The highest BCUT2D eigenvalue weighted by atomic mass is 35.5. The molecule has 15 nitrogen and oxygen atoms in total. The fourth-order valence-corrected chi connectivity index (χ4v) is 8.08.